The zero-order chi connectivity index (χ0) is 29.9. The van der Waals surface area contributed by atoms with E-state index in [1.165, 1.54) is 14.2 Å². The molecule has 0 saturated carbocycles. The van der Waals surface area contributed by atoms with Crippen molar-refractivity contribution >= 4 is 29.4 Å². The molecular weight excluding hydrogens is 548 g/mol. The summed E-state index contributed by atoms with van der Waals surface area (Å²) >= 11 is 6.40. The van der Waals surface area contributed by atoms with E-state index in [1.807, 2.05) is 12.1 Å². The summed E-state index contributed by atoms with van der Waals surface area (Å²) in [5, 5.41) is 11.6. The Kier molecular flexibility index (Phi) is 11.2. The standard InChI is InChI=1S/C30H35ClN4O6/c1-38-24-11-9-19(15-26(24)40-3)13-14-34-29(37)23(18-21-7-5-6-8-22(21)31)35(30(32)33)28(36)17-20-10-12-25(39-2)27(16-20)41-4/h5-12,15-16,23H,13-14,17-18H2,1-4H3,(H3,32,33)(H,34,37)/t23-/m1/s1. The van der Waals surface area contributed by atoms with Gasteiger partial charge in [0, 0.05) is 18.0 Å². The summed E-state index contributed by atoms with van der Waals surface area (Å²) in [4.78, 5) is 28.1. The van der Waals surface area contributed by atoms with Gasteiger partial charge in [-0.15, -0.1) is 0 Å². The van der Waals surface area contributed by atoms with Gasteiger partial charge in [0.05, 0.1) is 34.9 Å². The second kappa shape index (κ2) is 14.8. The molecule has 0 heterocycles. The Morgan fingerprint density at radius 1 is 0.878 bits per heavy atom. The van der Waals surface area contributed by atoms with Crippen molar-refractivity contribution in [1.82, 2.24) is 10.2 Å². The van der Waals surface area contributed by atoms with Crippen LogP contribution < -0.4 is 30.0 Å². The Balaban J connectivity index is 1.84. The molecule has 0 saturated heterocycles. The predicted octanol–water partition coefficient (Wildman–Crippen LogP) is 3.61. The van der Waals surface area contributed by atoms with Gasteiger partial charge in [-0.1, -0.05) is 41.9 Å². The summed E-state index contributed by atoms with van der Waals surface area (Å²) in [6.07, 6.45) is 0.418. The van der Waals surface area contributed by atoms with E-state index in [1.54, 1.807) is 62.8 Å². The number of hydrogen-bond donors (Lipinski definition) is 3. The highest BCUT2D eigenvalue weighted by molar-refractivity contribution is 6.31. The molecule has 0 radical (unpaired) electrons. The monoisotopic (exact) mass is 582 g/mol. The highest BCUT2D eigenvalue weighted by atomic mass is 35.5. The van der Waals surface area contributed by atoms with Gasteiger partial charge in [-0.05, 0) is 53.4 Å². The first kappa shape index (κ1) is 31.1. The van der Waals surface area contributed by atoms with Crippen molar-refractivity contribution in [3.63, 3.8) is 0 Å². The van der Waals surface area contributed by atoms with Gasteiger partial charge in [0.25, 0.3) is 0 Å². The minimum atomic E-state index is -1.12. The Hall–Kier alpha value is -4.44. The molecule has 41 heavy (non-hydrogen) atoms. The van der Waals surface area contributed by atoms with Gasteiger partial charge < -0.3 is 30.0 Å². The number of benzene rings is 3. The van der Waals surface area contributed by atoms with E-state index in [2.05, 4.69) is 5.32 Å². The maximum absolute atomic E-state index is 13.6. The van der Waals surface area contributed by atoms with E-state index >= 15 is 0 Å². The number of halogens is 1. The Labute approximate surface area is 244 Å². The highest BCUT2D eigenvalue weighted by Crippen LogP contribution is 2.29. The molecule has 218 valence electrons. The van der Waals surface area contributed by atoms with Crippen molar-refractivity contribution in [1.29, 1.82) is 5.41 Å². The SMILES string of the molecule is COc1ccc(CCNC(=O)[C@@H](Cc2ccccc2Cl)N(C(=N)N)C(=O)Cc2ccc(OC)c(OC)c2)cc1OC. The summed E-state index contributed by atoms with van der Waals surface area (Å²) in [6, 6.07) is 16.5. The number of rotatable bonds is 13. The van der Waals surface area contributed by atoms with Crippen molar-refractivity contribution in [3.8, 4) is 23.0 Å². The van der Waals surface area contributed by atoms with Crippen LogP contribution >= 0.6 is 11.6 Å². The van der Waals surface area contributed by atoms with Crippen LogP contribution in [-0.2, 0) is 28.9 Å². The lowest BCUT2D eigenvalue weighted by Gasteiger charge is -2.30. The van der Waals surface area contributed by atoms with Crippen LogP contribution in [0.4, 0.5) is 0 Å². The number of nitrogens with one attached hydrogen (secondary N) is 2. The number of nitrogens with zero attached hydrogens (tertiary/aromatic N) is 1. The maximum Gasteiger partial charge on any atom is 0.243 e. The van der Waals surface area contributed by atoms with Crippen molar-refractivity contribution in [2.24, 2.45) is 5.73 Å². The molecule has 3 rings (SSSR count). The lowest BCUT2D eigenvalue weighted by atomic mass is 10.0. The number of methoxy groups -OCH3 is 4. The van der Waals surface area contributed by atoms with Gasteiger partial charge in [0.15, 0.2) is 29.0 Å². The van der Waals surface area contributed by atoms with Crippen LogP contribution in [0.1, 0.15) is 16.7 Å². The van der Waals surface area contributed by atoms with Crippen LogP contribution in [0.3, 0.4) is 0 Å². The molecule has 0 aromatic heterocycles. The first-order valence-electron chi connectivity index (χ1n) is 12.8. The van der Waals surface area contributed by atoms with Crippen LogP contribution in [0.15, 0.2) is 60.7 Å². The molecule has 3 aromatic rings. The van der Waals surface area contributed by atoms with Crippen LogP contribution in [0, 0.1) is 5.41 Å². The molecule has 11 heteroatoms. The second-order valence-corrected chi connectivity index (χ2v) is 9.46. The molecule has 2 amide bonds. The number of guanidine groups is 1. The predicted molar refractivity (Wildman–Crippen MR) is 157 cm³/mol. The van der Waals surface area contributed by atoms with Crippen LogP contribution in [0.2, 0.25) is 5.02 Å². The van der Waals surface area contributed by atoms with Gasteiger partial charge in [-0.2, -0.15) is 0 Å². The van der Waals surface area contributed by atoms with Gasteiger partial charge in [0.2, 0.25) is 11.8 Å². The molecule has 3 aromatic carbocycles. The molecule has 0 bridgehead atoms. The fraction of sp³-hybridized carbons (Fsp3) is 0.300. The lowest BCUT2D eigenvalue weighted by molar-refractivity contribution is -0.135. The van der Waals surface area contributed by atoms with E-state index < -0.39 is 23.8 Å². The molecule has 0 aliphatic rings. The van der Waals surface area contributed by atoms with Crippen molar-refractivity contribution in [2.75, 3.05) is 35.0 Å². The molecule has 0 spiro atoms. The third-order valence-corrected chi connectivity index (χ3v) is 6.85. The molecule has 0 aliphatic carbocycles. The number of amides is 2. The molecule has 0 unspecified atom stereocenters. The summed E-state index contributed by atoms with van der Waals surface area (Å²) in [6.45, 7) is 0.267. The first-order chi connectivity index (χ1) is 19.7. The zero-order valence-electron chi connectivity index (χ0n) is 23.5. The average Bonchev–Trinajstić information content (AvgIpc) is 2.97. The summed E-state index contributed by atoms with van der Waals surface area (Å²) in [5.41, 5.74) is 8.06. The van der Waals surface area contributed by atoms with E-state index in [-0.39, 0.29) is 19.4 Å². The summed E-state index contributed by atoms with van der Waals surface area (Å²) < 4.78 is 21.3. The fourth-order valence-corrected chi connectivity index (χ4v) is 4.60. The van der Waals surface area contributed by atoms with Crippen molar-refractivity contribution in [2.45, 2.75) is 25.3 Å². The smallest absolute Gasteiger partial charge is 0.243 e. The van der Waals surface area contributed by atoms with Crippen molar-refractivity contribution in [3.05, 3.63) is 82.4 Å². The molecule has 0 fully saturated rings. The molecule has 1 atom stereocenters. The Bertz CT molecular complexity index is 1380. The van der Waals surface area contributed by atoms with Gasteiger partial charge in [-0.3, -0.25) is 19.9 Å². The third kappa shape index (κ3) is 8.04. The molecule has 10 nitrogen and oxygen atoms in total. The van der Waals surface area contributed by atoms with E-state index in [0.717, 1.165) is 10.5 Å². The van der Waals surface area contributed by atoms with E-state index in [0.29, 0.717) is 45.6 Å². The number of nitrogens with two attached hydrogens (primary N) is 1. The van der Waals surface area contributed by atoms with Gasteiger partial charge in [-0.25, -0.2) is 0 Å². The minimum absolute atomic E-state index is 0.0547. The molecule has 4 N–H and O–H groups in total. The molecular formula is C30H35ClN4O6. The third-order valence-electron chi connectivity index (χ3n) is 6.48. The minimum Gasteiger partial charge on any atom is -0.493 e. The van der Waals surface area contributed by atoms with Crippen molar-refractivity contribution < 1.29 is 28.5 Å². The normalized spacial score (nSPS) is 11.2. The quantitative estimate of drug-likeness (QED) is 0.207. The van der Waals surface area contributed by atoms with Gasteiger partial charge >= 0.3 is 0 Å². The number of hydrogen-bond acceptors (Lipinski definition) is 7. The van der Waals surface area contributed by atoms with Crippen LogP contribution in [0.25, 0.3) is 0 Å². The van der Waals surface area contributed by atoms with E-state index in [4.69, 9.17) is 41.7 Å². The fourth-order valence-electron chi connectivity index (χ4n) is 4.38. The number of carbonyl (C=O) groups is 2. The second-order valence-electron chi connectivity index (χ2n) is 9.06. The Morgan fingerprint density at radius 2 is 1.44 bits per heavy atom. The number of carbonyl (C=O) groups excluding carboxylic acids is 2. The van der Waals surface area contributed by atoms with Crippen LogP contribution in [-0.4, -0.2) is 63.7 Å². The maximum atomic E-state index is 13.6. The van der Waals surface area contributed by atoms with E-state index in [9.17, 15) is 9.59 Å². The summed E-state index contributed by atoms with van der Waals surface area (Å²) in [7, 11) is 6.13. The largest absolute Gasteiger partial charge is 0.493 e. The highest BCUT2D eigenvalue weighted by Gasteiger charge is 2.33. The topological polar surface area (TPSA) is 136 Å². The Morgan fingerprint density at radius 3 is 2.00 bits per heavy atom. The first-order valence-corrected chi connectivity index (χ1v) is 13.2. The zero-order valence-corrected chi connectivity index (χ0v) is 24.3. The van der Waals surface area contributed by atoms with Gasteiger partial charge in [0.1, 0.15) is 6.04 Å². The molecule has 0 aliphatic heterocycles. The van der Waals surface area contributed by atoms with Crippen LogP contribution in [0.5, 0.6) is 23.0 Å². The number of ether oxygens (including phenoxy) is 4. The average molecular weight is 583 g/mol. The lowest BCUT2D eigenvalue weighted by Crippen LogP contribution is -2.56. The summed E-state index contributed by atoms with van der Waals surface area (Å²) in [5.74, 6) is 0.590.